The van der Waals surface area contributed by atoms with Gasteiger partial charge in [-0.2, -0.15) is 9.61 Å². The van der Waals surface area contributed by atoms with E-state index in [1.165, 1.54) is 0 Å². The monoisotopic (exact) mass is 431 g/mol. The Labute approximate surface area is 186 Å². The van der Waals surface area contributed by atoms with Crippen LogP contribution in [0.15, 0.2) is 60.7 Å². The van der Waals surface area contributed by atoms with E-state index in [0.29, 0.717) is 29.4 Å². The highest BCUT2D eigenvalue weighted by molar-refractivity contribution is 5.76. The molecule has 8 nitrogen and oxygen atoms in total. The van der Waals surface area contributed by atoms with Gasteiger partial charge in [0.1, 0.15) is 0 Å². The molecule has 1 N–H and O–H groups in total. The van der Waals surface area contributed by atoms with Crippen molar-refractivity contribution in [1.29, 1.82) is 0 Å². The van der Waals surface area contributed by atoms with E-state index in [9.17, 15) is 4.79 Å². The SMILES string of the molecule is COc1ccc(C(C)NC(=O)CCc2nnc3ccc(-c4ccccc4)nn23)cc1OC. The highest BCUT2D eigenvalue weighted by Crippen LogP contribution is 2.29. The third kappa shape index (κ3) is 4.54. The highest BCUT2D eigenvalue weighted by atomic mass is 16.5. The van der Waals surface area contributed by atoms with Crippen LogP contribution in [-0.2, 0) is 11.2 Å². The molecular weight excluding hydrogens is 406 g/mol. The topological polar surface area (TPSA) is 90.6 Å². The molecule has 2 heterocycles. The predicted octanol–water partition coefficient (Wildman–Crippen LogP) is 3.62. The largest absolute Gasteiger partial charge is 0.493 e. The summed E-state index contributed by atoms with van der Waals surface area (Å²) in [6, 6.07) is 19.1. The van der Waals surface area contributed by atoms with E-state index in [-0.39, 0.29) is 18.4 Å². The molecule has 0 spiro atoms. The summed E-state index contributed by atoms with van der Waals surface area (Å²) in [5.41, 5.74) is 3.41. The number of rotatable bonds is 8. The van der Waals surface area contributed by atoms with Crippen LogP contribution in [0, 0.1) is 0 Å². The fourth-order valence-corrected chi connectivity index (χ4v) is 3.50. The molecule has 4 aromatic rings. The molecule has 0 aliphatic carbocycles. The van der Waals surface area contributed by atoms with E-state index >= 15 is 0 Å². The van der Waals surface area contributed by atoms with Gasteiger partial charge in [-0.15, -0.1) is 10.2 Å². The zero-order valence-electron chi connectivity index (χ0n) is 18.3. The third-order valence-corrected chi connectivity index (χ3v) is 5.26. The summed E-state index contributed by atoms with van der Waals surface area (Å²) in [5, 5.41) is 16.1. The van der Waals surface area contributed by atoms with Crippen LogP contribution in [0.3, 0.4) is 0 Å². The van der Waals surface area contributed by atoms with Crippen LogP contribution >= 0.6 is 0 Å². The van der Waals surface area contributed by atoms with Crippen LogP contribution in [-0.4, -0.2) is 39.9 Å². The van der Waals surface area contributed by atoms with Crippen molar-refractivity contribution < 1.29 is 14.3 Å². The molecule has 0 bridgehead atoms. The molecule has 164 valence electrons. The number of fused-ring (bicyclic) bond motifs is 1. The van der Waals surface area contributed by atoms with Crippen molar-refractivity contribution in [2.24, 2.45) is 0 Å². The summed E-state index contributed by atoms with van der Waals surface area (Å²) in [6.07, 6.45) is 0.701. The molecule has 1 unspecified atom stereocenters. The van der Waals surface area contributed by atoms with Crippen LogP contribution in [0.25, 0.3) is 16.9 Å². The minimum absolute atomic E-state index is 0.0803. The van der Waals surface area contributed by atoms with Gasteiger partial charge in [0.25, 0.3) is 0 Å². The summed E-state index contributed by atoms with van der Waals surface area (Å²) in [6.45, 7) is 1.93. The first-order chi connectivity index (χ1) is 15.6. The van der Waals surface area contributed by atoms with Crippen LogP contribution in [0.2, 0.25) is 0 Å². The maximum atomic E-state index is 12.6. The number of aromatic nitrogens is 4. The Bertz CT molecular complexity index is 1220. The minimum atomic E-state index is -0.180. The van der Waals surface area contributed by atoms with Crippen molar-refractivity contribution >= 4 is 11.6 Å². The summed E-state index contributed by atoms with van der Waals surface area (Å²) in [5.74, 6) is 1.84. The van der Waals surface area contributed by atoms with Gasteiger partial charge in [-0.25, -0.2) is 0 Å². The summed E-state index contributed by atoms with van der Waals surface area (Å²) < 4.78 is 12.3. The molecule has 2 aromatic carbocycles. The van der Waals surface area contributed by atoms with Crippen molar-refractivity contribution in [2.75, 3.05) is 14.2 Å². The Balaban J connectivity index is 1.43. The fourth-order valence-electron chi connectivity index (χ4n) is 3.50. The van der Waals surface area contributed by atoms with E-state index in [4.69, 9.17) is 9.47 Å². The molecule has 0 saturated heterocycles. The molecule has 2 aromatic heterocycles. The van der Waals surface area contributed by atoms with E-state index < -0.39 is 0 Å². The number of ether oxygens (including phenoxy) is 2. The molecule has 4 rings (SSSR count). The van der Waals surface area contributed by atoms with Crippen LogP contribution in [0.5, 0.6) is 11.5 Å². The van der Waals surface area contributed by atoms with Gasteiger partial charge < -0.3 is 14.8 Å². The predicted molar refractivity (Wildman–Crippen MR) is 121 cm³/mol. The number of carbonyl (C=O) groups is 1. The lowest BCUT2D eigenvalue weighted by molar-refractivity contribution is -0.121. The molecule has 0 aliphatic heterocycles. The lowest BCUT2D eigenvalue weighted by atomic mass is 10.1. The van der Waals surface area contributed by atoms with E-state index in [1.807, 2.05) is 67.6 Å². The Kier molecular flexibility index (Phi) is 6.30. The summed E-state index contributed by atoms with van der Waals surface area (Å²) >= 11 is 0. The van der Waals surface area contributed by atoms with Gasteiger partial charge in [0, 0.05) is 18.4 Å². The quantitative estimate of drug-likeness (QED) is 0.458. The first kappa shape index (κ1) is 21.3. The van der Waals surface area contributed by atoms with Crippen LogP contribution < -0.4 is 14.8 Å². The van der Waals surface area contributed by atoms with Gasteiger partial charge in [0.2, 0.25) is 5.91 Å². The lowest BCUT2D eigenvalue weighted by Gasteiger charge is -2.16. The summed E-state index contributed by atoms with van der Waals surface area (Å²) in [7, 11) is 3.18. The van der Waals surface area contributed by atoms with Crippen LogP contribution in [0.4, 0.5) is 0 Å². The smallest absolute Gasteiger partial charge is 0.220 e. The maximum absolute atomic E-state index is 12.6. The fraction of sp³-hybridized carbons (Fsp3) is 0.250. The average Bonchev–Trinajstić information content (AvgIpc) is 3.25. The van der Waals surface area contributed by atoms with Crippen molar-refractivity contribution in [2.45, 2.75) is 25.8 Å². The first-order valence-electron chi connectivity index (χ1n) is 10.4. The van der Waals surface area contributed by atoms with Crippen molar-refractivity contribution in [3.63, 3.8) is 0 Å². The number of nitrogens with zero attached hydrogens (tertiary/aromatic N) is 4. The Morgan fingerprint density at radius 2 is 1.78 bits per heavy atom. The molecular formula is C24H25N5O3. The Hall–Kier alpha value is -3.94. The maximum Gasteiger partial charge on any atom is 0.220 e. The van der Waals surface area contributed by atoms with Gasteiger partial charge in [0.05, 0.1) is 26.0 Å². The van der Waals surface area contributed by atoms with Gasteiger partial charge in [0.15, 0.2) is 23.0 Å². The van der Waals surface area contributed by atoms with Gasteiger partial charge in [-0.3, -0.25) is 4.79 Å². The van der Waals surface area contributed by atoms with Gasteiger partial charge in [-0.1, -0.05) is 36.4 Å². The van der Waals surface area contributed by atoms with E-state index in [0.717, 1.165) is 16.8 Å². The molecule has 0 radical (unpaired) electrons. The normalized spacial score (nSPS) is 11.8. The Morgan fingerprint density at radius 3 is 2.53 bits per heavy atom. The second-order valence-corrected chi connectivity index (χ2v) is 7.37. The van der Waals surface area contributed by atoms with Crippen molar-refractivity contribution in [3.05, 3.63) is 72.1 Å². The minimum Gasteiger partial charge on any atom is -0.493 e. The molecule has 0 aliphatic rings. The second kappa shape index (κ2) is 9.47. The number of aryl methyl sites for hydroxylation is 1. The number of nitrogens with one attached hydrogen (secondary N) is 1. The standard InChI is InChI=1S/C24H25N5O3/c1-16(18-9-11-20(31-2)21(15-18)32-3)25-24(30)14-13-23-27-26-22-12-10-19(28-29(22)23)17-7-5-4-6-8-17/h4-12,15-16H,13-14H2,1-3H3,(H,25,30). The average molecular weight is 431 g/mol. The number of hydrogen-bond acceptors (Lipinski definition) is 6. The number of amides is 1. The number of hydrogen-bond donors (Lipinski definition) is 1. The molecule has 0 fully saturated rings. The molecule has 1 atom stereocenters. The number of carbonyl (C=O) groups excluding carboxylic acids is 1. The van der Waals surface area contributed by atoms with Gasteiger partial charge >= 0.3 is 0 Å². The van der Waals surface area contributed by atoms with Gasteiger partial charge in [-0.05, 0) is 36.8 Å². The van der Waals surface area contributed by atoms with E-state index in [2.05, 4.69) is 20.6 Å². The van der Waals surface area contributed by atoms with Crippen LogP contribution in [0.1, 0.15) is 30.8 Å². The highest BCUT2D eigenvalue weighted by Gasteiger charge is 2.15. The van der Waals surface area contributed by atoms with Crippen molar-refractivity contribution in [3.8, 4) is 22.8 Å². The Morgan fingerprint density at radius 1 is 1.00 bits per heavy atom. The zero-order chi connectivity index (χ0) is 22.5. The zero-order valence-corrected chi connectivity index (χ0v) is 18.3. The number of benzene rings is 2. The van der Waals surface area contributed by atoms with Crippen molar-refractivity contribution in [1.82, 2.24) is 25.1 Å². The summed E-state index contributed by atoms with van der Waals surface area (Å²) in [4.78, 5) is 12.6. The third-order valence-electron chi connectivity index (χ3n) is 5.26. The molecule has 1 amide bonds. The molecule has 8 heteroatoms. The second-order valence-electron chi connectivity index (χ2n) is 7.37. The molecule has 0 saturated carbocycles. The first-order valence-corrected chi connectivity index (χ1v) is 10.4. The number of methoxy groups -OCH3 is 2. The lowest BCUT2D eigenvalue weighted by Crippen LogP contribution is -2.27. The van der Waals surface area contributed by atoms with E-state index in [1.54, 1.807) is 18.7 Å². The molecule has 32 heavy (non-hydrogen) atoms.